The average Bonchev–Trinajstić information content (AvgIpc) is 3.08. The van der Waals surface area contributed by atoms with Gasteiger partial charge in [-0.3, -0.25) is 0 Å². The standard InChI is InChI=1S/C17H14N2O3/c20-17(21)13-7-5-12(6-8-13)10-22-16-4-2-1-3-14(16)15-9-18-11-19-15/h1-9,11H,10H2,(H,18,19)(H,20,21). The molecule has 22 heavy (non-hydrogen) atoms. The third-order valence-corrected chi connectivity index (χ3v) is 3.27. The molecule has 5 nitrogen and oxygen atoms in total. The van der Waals surface area contributed by atoms with E-state index < -0.39 is 5.97 Å². The summed E-state index contributed by atoms with van der Waals surface area (Å²) < 4.78 is 5.85. The highest BCUT2D eigenvalue weighted by Gasteiger charge is 2.07. The maximum atomic E-state index is 10.8. The minimum Gasteiger partial charge on any atom is -0.488 e. The Morgan fingerprint density at radius 2 is 1.91 bits per heavy atom. The molecular formula is C17H14N2O3. The van der Waals surface area contributed by atoms with E-state index >= 15 is 0 Å². The summed E-state index contributed by atoms with van der Waals surface area (Å²) in [4.78, 5) is 17.9. The molecule has 110 valence electrons. The van der Waals surface area contributed by atoms with Crippen molar-refractivity contribution in [2.24, 2.45) is 0 Å². The summed E-state index contributed by atoms with van der Waals surface area (Å²) in [7, 11) is 0. The Balaban J connectivity index is 1.76. The molecule has 0 radical (unpaired) electrons. The van der Waals surface area contributed by atoms with Crippen molar-refractivity contribution in [3.63, 3.8) is 0 Å². The lowest BCUT2D eigenvalue weighted by molar-refractivity contribution is 0.0697. The van der Waals surface area contributed by atoms with E-state index in [0.717, 1.165) is 22.6 Å². The second-order valence-corrected chi connectivity index (χ2v) is 4.75. The third-order valence-electron chi connectivity index (χ3n) is 3.27. The number of imidazole rings is 1. The molecule has 0 aliphatic rings. The molecule has 0 bridgehead atoms. The van der Waals surface area contributed by atoms with Crippen LogP contribution < -0.4 is 4.74 Å². The normalized spacial score (nSPS) is 10.4. The van der Waals surface area contributed by atoms with E-state index in [2.05, 4.69) is 9.97 Å². The van der Waals surface area contributed by atoms with Crippen molar-refractivity contribution in [1.82, 2.24) is 9.97 Å². The highest BCUT2D eigenvalue weighted by molar-refractivity contribution is 5.87. The second kappa shape index (κ2) is 6.13. The van der Waals surface area contributed by atoms with Crippen LogP contribution in [0.4, 0.5) is 0 Å². The Morgan fingerprint density at radius 1 is 1.14 bits per heavy atom. The molecule has 0 aliphatic carbocycles. The summed E-state index contributed by atoms with van der Waals surface area (Å²) in [5, 5.41) is 8.89. The van der Waals surface area contributed by atoms with Crippen LogP contribution in [-0.2, 0) is 6.61 Å². The second-order valence-electron chi connectivity index (χ2n) is 4.75. The van der Waals surface area contributed by atoms with Crippen LogP contribution in [-0.4, -0.2) is 21.0 Å². The number of nitrogens with one attached hydrogen (secondary N) is 1. The Hall–Kier alpha value is -3.08. The summed E-state index contributed by atoms with van der Waals surface area (Å²) in [6.07, 6.45) is 3.36. The summed E-state index contributed by atoms with van der Waals surface area (Å²) in [6.45, 7) is 0.366. The fraction of sp³-hybridized carbons (Fsp3) is 0.0588. The van der Waals surface area contributed by atoms with Crippen LogP contribution in [0.3, 0.4) is 0 Å². The third kappa shape index (κ3) is 2.98. The van der Waals surface area contributed by atoms with E-state index in [0.29, 0.717) is 6.61 Å². The zero-order valence-corrected chi connectivity index (χ0v) is 11.7. The Morgan fingerprint density at radius 3 is 2.59 bits per heavy atom. The lowest BCUT2D eigenvalue weighted by Gasteiger charge is -2.10. The lowest BCUT2D eigenvalue weighted by atomic mass is 10.1. The SMILES string of the molecule is O=C(O)c1ccc(COc2ccccc2-c2cnc[nH]2)cc1. The van der Waals surface area contributed by atoms with Crippen molar-refractivity contribution in [2.75, 3.05) is 0 Å². The highest BCUT2D eigenvalue weighted by Crippen LogP contribution is 2.28. The van der Waals surface area contributed by atoms with Gasteiger partial charge >= 0.3 is 5.97 Å². The number of rotatable bonds is 5. The minimum absolute atomic E-state index is 0.265. The van der Waals surface area contributed by atoms with Gasteiger partial charge in [0.05, 0.1) is 23.8 Å². The number of ether oxygens (including phenoxy) is 1. The van der Waals surface area contributed by atoms with Crippen LogP contribution in [0.2, 0.25) is 0 Å². The first-order valence-electron chi connectivity index (χ1n) is 6.77. The van der Waals surface area contributed by atoms with Crippen molar-refractivity contribution < 1.29 is 14.6 Å². The number of para-hydroxylation sites is 1. The quantitative estimate of drug-likeness (QED) is 0.756. The fourth-order valence-electron chi connectivity index (χ4n) is 2.12. The molecule has 5 heteroatoms. The van der Waals surface area contributed by atoms with Gasteiger partial charge in [-0.2, -0.15) is 0 Å². The predicted molar refractivity (Wildman–Crippen MR) is 81.8 cm³/mol. The minimum atomic E-state index is -0.933. The molecule has 2 aromatic carbocycles. The molecule has 3 aromatic rings. The van der Waals surface area contributed by atoms with Crippen LogP contribution in [0, 0.1) is 0 Å². The number of carboxylic acids is 1. The van der Waals surface area contributed by atoms with E-state index in [1.54, 1.807) is 36.8 Å². The van der Waals surface area contributed by atoms with E-state index in [9.17, 15) is 4.79 Å². The first-order chi connectivity index (χ1) is 10.7. The first kappa shape index (κ1) is 13.9. The molecule has 0 saturated carbocycles. The van der Waals surface area contributed by atoms with Gasteiger partial charge in [-0.25, -0.2) is 9.78 Å². The highest BCUT2D eigenvalue weighted by atomic mass is 16.5. The Labute approximate surface area is 127 Å². The largest absolute Gasteiger partial charge is 0.488 e. The van der Waals surface area contributed by atoms with Crippen molar-refractivity contribution in [3.8, 4) is 17.0 Å². The van der Waals surface area contributed by atoms with Gasteiger partial charge in [-0.15, -0.1) is 0 Å². The molecular weight excluding hydrogens is 280 g/mol. The smallest absolute Gasteiger partial charge is 0.335 e. The van der Waals surface area contributed by atoms with E-state index in [-0.39, 0.29) is 5.56 Å². The van der Waals surface area contributed by atoms with Gasteiger partial charge < -0.3 is 14.8 Å². The van der Waals surface area contributed by atoms with Gasteiger partial charge in [-0.1, -0.05) is 24.3 Å². The molecule has 0 saturated heterocycles. The number of hydrogen-bond acceptors (Lipinski definition) is 3. The van der Waals surface area contributed by atoms with Crippen molar-refractivity contribution in [3.05, 3.63) is 72.2 Å². The van der Waals surface area contributed by atoms with Gasteiger partial charge in [0, 0.05) is 5.56 Å². The van der Waals surface area contributed by atoms with Crippen LogP contribution in [0.25, 0.3) is 11.3 Å². The van der Waals surface area contributed by atoms with Gasteiger partial charge in [0.25, 0.3) is 0 Å². The fourth-order valence-corrected chi connectivity index (χ4v) is 2.12. The number of benzene rings is 2. The van der Waals surface area contributed by atoms with Crippen LogP contribution >= 0.6 is 0 Å². The van der Waals surface area contributed by atoms with Gasteiger partial charge in [-0.05, 0) is 29.8 Å². The van der Waals surface area contributed by atoms with Gasteiger partial charge in [0.1, 0.15) is 12.4 Å². The number of carboxylic acid groups (broad SMARTS) is 1. The maximum Gasteiger partial charge on any atom is 0.335 e. The number of aromatic carboxylic acids is 1. The molecule has 2 N–H and O–H groups in total. The zero-order chi connectivity index (χ0) is 15.4. The van der Waals surface area contributed by atoms with Crippen LogP contribution in [0.5, 0.6) is 5.75 Å². The monoisotopic (exact) mass is 294 g/mol. The van der Waals surface area contributed by atoms with Crippen LogP contribution in [0.1, 0.15) is 15.9 Å². The van der Waals surface area contributed by atoms with E-state index in [1.165, 1.54) is 0 Å². The summed E-state index contributed by atoms with van der Waals surface area (Å²) in [5.41, 5.74) is 2.99. The van der Waals surface area contributed by atoms with Gasteiger partial charge in [0.2, 0.25) is 0 Å². The van der Waals surface area contributed by atoms with Crippen LogP contribution in [0.15, 0.2) is 61.1 Å². The summed E-state index contributed by atoms with van der Waals surface area (Å²) >= 11 is 0. The average molecular weight is 294 g/mol. The first-order valence-corrected chi connectivity index (χ1v) is 6.77. The molecule has 0 atom stereocenters. The number of carbonyl (C=O) groups is 1. The molecule has 0 fully saturated rings. The van der Waals surface area contributed by atoms with E-state index in [1.807, 2.05) is 24.3 Å². The molecule has 0 amide bonds. The molecule has 1 heterocycles. The van der Waals surface area contributed by atoms with Crippen molar-refractivity contribution in [1.29, 1.82) is 0 Å². The van der Waals surface area contributed by atoms with Crippen molar-refractivity contribution >= 4 is 5.97 Å². The number of aromatic amines is 1. The number of H-pyrrole nitrogens is 1. The topological polar surface area (TPSA) is 75.2 Å². The lowest BCUT2D eigenvalue weighted by Crippen LogP contribution is -1.99. The predicted octanol–water partition coefficient (Wildman–Crippen LogP) is 3.35. The molecule has 0 spiro atoms. The van der Waals surface area contributed by atoms with E-state index in [4.69, 9.17) is 9.84 Å². The summed E-state index contributed by atoms with van der Waals surface area (Å²) in [6, 6.07) is 14.3. The molecule has 1 aromatic heterocycles. The molecule has 0 unspecified atom stereocenters. The maximum absolute atomic E-state index is 10.8. The zero-order valence-electron chi connectivity index (χ0n) is 11.7. The van der Waals surface area contributed by atoms with Gasteiger partial charge in [0.15, 0.2) is 0 Å². The molecule has 3 rings (SSSR count). The summed E-state index contributed by atoms with van der Waals surface area (Å²) in [5.74, 6) is -0.189. The Kier molecular flexibility index (Phi) is 3.87. The number of hydrogen-bond donors (Lipinski definition) is 2. The number of nitrogens with zero attached hydrogens (tertiary/aromatic N) is 1. The Bertz CT molecular complexity index is 765. The number of aromatic nitrogens is 2. The molecule has 0 aliphatic heterocycles. The van der Waals surface area contributed by atoms with Crippen molar-refractivity contribution in [2.45, 2.75) is 6.61 Å².